The van der Waals surface area contributed by atoms with Crippen LogP contribution in [0.15, 0.2) is 24.5 Å². The maximum Gasteiger partial charge on any atom is 0.255 e. The van der Waals surface area contributed by atoms with Gasteiger partial charge in [-0.05, 0) is 49.8 Å². The summed E-state index contributed by atoms with van der Waals surface area (Å²) in [5, 5.41) is 14.9. The number of carbonyl (C=O) groups excluding carboxylic acids is 1. The number of amides is 1. The Hall–Kier alpha value is -3.16. The molecule has 1 atom stereocenters. The lowest BCUT2D eigenvalue weighted by Gasteiger charge is -2.38. The maximum atomic E-state index is 12.7. The van der Waals surface area contributed by atoms with Crippen molar-refractivity contribution in [3.8, 4) is 0 Å². The summed E-state index contributed by atoms with van der Waals surface area (Å²) in [4.78, 5) is 19.8. The summed E-state index contributed by atoms with van der Waals surface area (Å²) in [7, 11) is 0. The average molecular weight is 406 g/mol. The predicted octanol–water partition coefficient (Wildman–Crippen LogP) is 2.54. The van der Waals surface area contributed by atoms with Gasteiger partial charge in [-0.3, -0.25) is 14.6 Å². The molecule has 3 aromatic heterocycles. The smallest absolute Gasteiger partial charge is 0.255 e. The van der Waals surface area contributed by atoms with Gasteiger partial charge in [-0.2, -0.15) is 10.2 Å². The zero-order valence-corrected chi connectivity index (χ0v) is 17.6. The van der Waals surface area contributed by atoms with Crippen LogP contribution in [0.3, 0.4) is 0 Å². The number of aryl methyl sites for hydroxylation is 2. The van der Waals surface area contributed by atoms with Crippen LogP contribution < -0.4 is 10.2 Å². The molecule has 1 fully saturated rings. The van der Waals surface area contributed by atoms with E-state index in [4.69, 9.17) is 4.98 Å². The normalized spacial score (nSPS) is 18.4. The van der Waals surface area contributed by atoms with Crippen molar-refractivity contribution >= 4 is 11.7 Å². The zero-order chi connectivity index (χ0) is 20.8. The van der Waals surface area contributed by atoms with Gasteiger partial charge in [0.15, 0.2) is 0 Å². The number of aromatic amines is 1. The van der Waals surface area contributed by atoms with Crippen molar-refractivity contribution < 1.29 is 4.79 Å². The van der Waals surface area contributed by atoms with Crippen LogP contribution in [-0.4, -0.2) is 44.0 Å². The van der Waals surface area contributed by atoms with Gasteiger partial charge in [0.25, 0.3) is 5.91 Å². The molecule has 0 aromatic carbocycles. The van der Waals surface area contributed by atoms with Crippen molar-refractivity contribution in [3.05, 3.63) is 58.3 Å². The van der Waals surface area contributed by atoms with Crippen molar-refractivity contribution in [3.63, 3.8) is 0 Å². The molecule has 0 saturated carbocycles. The van der Waals surface area contributed by atoms with Gasteiger partial charge >= 0.3 is 0 Å². The second-order valence-electron chi connectivity index (χ2n) is 8.63. The lowest BCUT2D eigenvalue weighted by Crippen LogP contribution is -2.45. The molecule has 8 heteroatoms. The van der Waals surface area contributed by atoms with E-state index in [2.05, 4.69) is 44.6 Å². The summed E-state index contributed by atoms with van der Waals surface area (Å²) >= 11 is 0. The third kappa shape index (κ3) is 3.36. The van der Waals surface area contributed by atoms with E-state index < -0.39 is 0 Å². The number of H-pyrrole nitrogens is 1. The van der Waals surface area contributed by atoms with Crippen LogP contribution in [0.2, 0.25) is 0 Å². The van der Waals surface area contributed by atoms with E-state index in [-0.39, 0.29) is 11.9 Å². The molecule has 5 rings (SSSR count). The first-order valence-corrected chi connectivity index (χ1v) is 10.6. The third-order valence-electron chi connectivity index (χ3n) is 6.22. The molecule has 30 heavy (non-hydrogen) atoms. The molecule has 2 N–H and O–H groups in total. The molecule has 8 nitrogen and oxygen atoms in total. The van der Waals surface area contributed by atoms with Gasteiger partial charge in [0.1, 0.15) is 5.82 Å². The van der Waals surface area contributed by atoms with Gasteiger partial charge in [0.05, 0.1) is 30.0 Å². The molecule has 2 aliphatic rings. The standard InChI is InChI=1S/C22H27N7O/c1-13-9-28(10-13)20-7-4-16(14(2)24-20)11-29-12-17(8-23-29)22(30)25-19-6-5-18-15(3)26-27-21(18)19/h4,7-8,12-13,19H,5-6,9-11H2,1-3H3,(H,25,30)(H,26,27)/t19-/m1/s1. The SMILES string of the molecule is Cc1nc(N2CC(C)C2)ccc1Cn1cc(C(=O)N[C@@H]2CCc3c2n[nH]c3C)cn1. The molecule has 3 aromatic rings. The van der Waals surface area contributed by atoms with E-state index in [0.29, 0.717) is 12.1 Å². The van der Waals surface area contributed by atoms with E-state index in [0.717, 1.165) is 60.3 Å². The zero-order valence-electron chi connectivity index (χ0n) is 17.6. The van der Waals surface area contributed by atoms with Crippen LogP contribution in [0.5, 0.6) is 0 Å². The van der Waals surface area contributed by atoms with E-state index in [1.807, 2.05) is 13.8 Å². The van der Waals surface area contributed by atoms with Crippen LogP contribution in [0.1, 0.15) is 58.0 Å². The van der Waals surface area contributed by atoms with Crippen LogP contribution in [0.4, 0.5) is 5.82 Å². The number of fused-ring (bicyclic) bond motifs is 1. The Morgan fingerprint density at radius 3 is 2.90 bits per heavy atom. The fourth-order valence-electron chi connectivity index (χ4n) is 4.43. The Labute approximate surface area is 175 Å². The molecule has 0 radical (unpaired) electrons. The second kappa shape index (κ2) is 7.27. The molecule has 1 aliphatic carbocycles. The highest BCUT2D eigenvalue weighted by Crippen LogP contribution is 2.31. The summed E-state index contributed by atoms with van der Waals surface area (Å²) in [6.07, 6.45) is 5.26. The fourth-order valence-corrected chi connectivity index (χ4v) is 4.43. The topological polar surface area (TPSA) is 91.7 Å². The molecule has 156 valence electrons. The quantitative estimate of drug-likeness (QED) is 0.681. The van der Waals surface area contributed by atoms with Gasteiger partial charge in [0.2, 0.25) is 0 Å². The number of pyridine rings is 1. The number of nitrogens with zero attached hydrogens (tertiary/aromatic N) is 5. The highest BCUT2D eigenvalue weighted by molar-refractivity contribution is 5.94. The van der Waals surface area contributed by atoms with E-state index in [1.54, 1.807) is 17.1 Å². The van der Waals surface area contributed by atoms with Gasteiger partial charge < -0.3 is 10.2 Å². The first-order chi connectivity index (χ1) is 14.5. The van der Waals surface area contributed by atoms with Crippen molar-refractivity contribution in [2.45, 2.75) is 46.2 Å². The Morgan fingerprint density at radius 2 is 2.13 bits per heavy atom. The minimum atomic E-state index is -0.114. The number of anilines is 1. The van der Waals surface area contributed by atoms with Crippen molar-refractivity contribution in [2.75, 3.05) is 18.0 Å². The lowest BCUT2D eigenvalue weighted by molar-refractivity contribution is 0.0936. The molecule has 4 heterocycles. The fraction of sp³-hybridized carbons (Fsp3) is 0.455. The highest BCUT2D eigenvalue weighted by Gasteiger charge is 2.29. The maximum absolute atomic E-state index is 12.7. The first kappa shape index (κ1) is 18.8. The number of nitrogens with one attached hydrogen (secondary N) is 2. The highest BCUT2D eigenvalue weighted by atomic mass is 16.1. The van der Waals surface area contributed by atoms with Crippen LogP contribution in [0.25, 0.3) is 0 Å². The molecule has 0 unspecified atom stereocenters. The van der Waals surface area contributed by atoms with E-state index >= 15 is 0 Å². The van der Waals surface area contributed by atoms with Gasteiger partial charge in [0, 0.05) is 30.7 Å². The minimum Gasteiger partial charge on any atom is -0.356 e. The Kier molecular flexibility index (Phi) is 4.56. The minimum absolute atomic E-state index is 0.0380. The largest absolute Gasteiger partial charge is 0.356 e. The Balaban J connectivity index is 1.24. The molecule has 0 bridgehead atoms. The van der Waals surface area contributed by atoms with Crippen molar-refractivity contribution in [1.82, 2.24) is 30.3 Å². The molecule has 1 amide bonds. The lowest BCUT2D eigenvalue weighted by atomic mass is 10.0. The first-order valence-electron chi connectivity index (χ1n) is 10.6. The van der Waals surface area contributed by atoms with Gasteiger partial charge in [-0.1, -0.05) is 13.0 Å². The van der Waals surface area contributed by atoms with Crippen LogP contribution in [-0.2, 0) is 13.0 Å². The molecule has 0 spiro atoms. The van der Waals surface area contributed by atoms with E-state index in [1.165, 1.54) is 5.56 Å². The molecular weight excluding hydrogens is 378 g/mol. The summed E-state index contributed by atoms with van der Waals surface area (Å²) < 4.78 is 1.79. The monoisotopic (exact) mass is 405 g/mol. The van der Waals surface area contributed by atoms with Crippen LogP contribution in [0, 0.1) is 19.8 Å². The molecule has 1 saturated heterocycles. The summed E-state index contributed by atoms with van der Waals surface area (Å²) in [5.41, 5.74) is 5.96. The summed E-state index contributed by atoms with van der Waals surface area (Å²) in [5.74, 6) is 1.67. The third-order valence-corrected chi connectivity index (χ3v) is 6.22. The molecular formula is C22H27N7O. The Bertz CT molecular complexity index is 1090. The van der Waals surface area contributed by atoms with Gasteiger partial charge in [-0.15, -0.1) is 0 Å². The summed E-state index contributed by atoms with van der Waals surface area (Å²) in [6.45, 7) is 9.04. The van der Waals surface area contributed by atoms with Crippen LogP contribution >= 0.6 is 0 Å². The Morgan fingerprint density at radius 1 is 1.30 bits per heavy atom. The van der Waals surface area contributed by atoms with Crippen molar-refractivity contribution in [2.24, 2.45) is 5.92 Å². The number of aromatic nitrogens is 5. The second-order valence-corrected chi connectivity index (χ2v) is 8.63. The number of rotatable bonds is 5. The molecule has 1 aliphatic heterocycles. The predicted molar refractivity (Wildman–Crippen MR) is 114 cm³/mol. The number of carbonyl (C=O) groups is 1. The summed E-state index contributed by atoms with van der Waals surface area (Å²) in [6, 6.07) is 4.15. The number of hydrogen-bond acceptors (Lipinski definition) is 5. The van der Waals surface area contributed by atoms with Gasteiger partial charge in [-0.25, -0.2) is 4.98 Å². The average Bonchev–Trinajstić information content (AvgIpc) is 3.40. The van der Waals surface area contributed by atoms with E-state index in [9.17, 15) is 4.79 Å². The number of hydrogen-bond donors (Lipinski definition) is 2. The van der Waals surface area contributed by atoms with Crippen molar-refractivity contribution in [1.29, 1.82) is 0 Å².